The molecule has 0 spiro atoms. The largest absolute Gasteiger partial charge is 0.489 e. The van der Waals surface area contributed by atoms with E-state index in [1.165, 1.54) is 12.1 Å². The van der Waals surface area contributed by atoms with Gasteiger partial charge in [-0.05, 0) is 66.1 Å². The number of carboxylic acids is 1. The third-order valence-corrected chi connectivity index (χ3v) is 7.14. The van der Waals surface area contributed by atoms with Crippen molar-refractivity contribution in [2.45, 2.75) is 31.8 Å². The zero-order valence-electron chi connectivity index (χ0n) is 21.6. The number of carbonyl (C=O) groups is 1. The summed E-state index contributed by atoms with van der Waals surface area (Å²) in [5, 5.41) is 21.2. The van der Waals surface area contributed by atoms with E-state index in [0.717, 1.165) is 17.5 Å². The van der Waals surface area contributed by atoms with Gasteiger partial charge in [-0.2, -0.15) is 0 Å². The molecule has 0 aliphatic carbocycles. The van der Waals surface area contributed by atoms with E-state index in [1.807, 2.05) is 18.2 Å². The van der Waals surface area contributed by atoms with Crippen molar-refractivity contribution >= 4 is 28.7 Å². The minimum atomic E-state index is -1.22. The SMILES string of the molecule is O=C(O)c1ccc2nc(C(O)c3cc(-c4cccc(OCc5ccc(Cl)cc5F)c4)ccn3)n(C[C@@H]3CCO3)c2n1. The molecule has 1 aliphatic rings. The Bertz CT molecular complexity index is 1760. The normalized spacial score (nSPS) is 15.4. The number of hydrogen-bond acceptors (Lipinski definition) is 7. The summed E-state index contributed by atoms with van der Waals surface area (Å²) in [6.45, 7) is 1.04. The average Bonchev–Trinajstić information content (AvgIpc) is 3.32. The topological polar surface area (TPSA) is 120 Å². The number of ether oxygens (including phenoxy) is 2. The lowest BCUT2D eigenvalue weighted by molar-refractivity contribution is -0.0595. The molecule has 2 atom stereocenters. The van der Waals surface area contributed by atoms with Gasteiger partial charge in [0.2, 0.25) is 0 Å². The summed E-state index contributed by atoms with van der Waals surface area (Å²) < 4.78 is 27.3. The number of hydrogen-bond donors (Lipinski definition) is 2. The lowest BCUT2D eigenvalue weighted by atomic mass is 10.0. The number of aromatic carboxylic acids is 1. The fraction of sp³-hybridized carbons (Fsp3) is 0.200. The van der Waals surface area contributed by atoms with Crippen LogP contribution in [-0.4, -0.2) is 48.4 Å². The molecule has 1 aliphatic heterocycles. The third-order valence-electron chi connectivity index (χ3n) is 6.90. The van der Waals surface area contributed by atoms with Gasteiger partial charge in [0.05, 0.1) is 18.3 Å². The molecule has 5 aromatic rings. The number of pyridine rings is 2. The molecule has 4 heterocycles. The molecular formula is C30H24ClFN4O5. The van der Waals surface area contributed by atoms with Crippen LogP contribution in [0.2, 0.25) is 5.02 Å². The number of aliphatic hydroxyl groups excluding tert-OH is 1. The number of imidazole rings is 1. The summed E-state index contributed by atoms with van der Waals surface area (Å²) in [5.74, 6) is -0.762. The van der Waals surface area contributed by atoms with Crippen molar-refractivity contribution in [1.29, 1.82) is 0 Å². The highest BCUT2D eigenvalue weighted by Crippen LogP contribution is 2.30. The number of fused-ring (bicyclic) bond motifs is 1. The highest BCUT2D eigenvalue weighted by atomic mass is 35.5. The van der Waals surface area contributed by atoms with Gasteiger partial charge in [-0.15, -0.1) is 0 Å². The van der Waals surface area contributed by atoms with Crippen LogP contribution in [0.15, 0.2) is 72.9 Å². The van der Waals surface area contributed by atoms with Crippen LogP contribution in [-0.2, 0) is 17.9 Å². The van der Waals surface area contributed by atoms with E-state index >= 15 is 0 Å². The van der Waals surface area contributed by atoms with Crippen molar-refractivity contribution in [3.63, 3.8) is 0 Å². The second-order valence-electron chi connectivity index (χ2n) is 9.63. The van der Waals surface area contributed by atoms with Crippen molar-refractivity contribution in [1.82, 2.24) is 19.5 Å². The number of benzene rings is 2. The average molecular weight is 575 g/mol. The molecule has 41 heavy (non-hydrogen) atoms. The van der Waals surface area contributed by atoms with E-state index in [-0.39, 0.29) is 24.2 Å². The molecule has 1 saturated heterocycles. The Morgan fingerprint density at radius 3 is 2.71 bits per heavy atom. The van der Waals surface area contributed by atoms with Crippen LogP contribution >= 0.6 is 11.6 Å². The van der Waals surface area contributed by atoms with Crippen molar-refractivity contribution in [2.24, 2.45) is 0 Å². The van der Waals surface area contributed by atoms with E-state index in [2.05, 4.69) is 15.0 Å². The summed E-state index contributed by atoms with van der Waals surface area (Å²) in [6, 6.07) is 18.3. The Morgan fingerprint density at radius 2 is 1.95 bits per heavy atom. The van der Waals surface area contributed by atoms with Gasteiger partial charge in [-0.3, -0.25) is 4.98 Å². The molecule has 208 valence electrons. The number of nitrogens with zero attached hydrogens (tertiary/aromatic N) is 4. The molecule has 0 amide bonds. The molecule has 1 fully saturated rings. The Morgan fingerprint density at radius 1 is 1.12 bits per heavy atom. The second kappa shape index (κ2) is 11.2. The Hall–Kier alpha value is -4.38. The zero-order valence-corrected chi connectivity index (χ0v) is 22.3. The number of rotatable bonds is 9. The van der Waals surface area contributed by atoms with Crippen LogP contribution in [0.25, 0.3) is 22.3 Å². The van der Waals surface area contributed by atoms with Crippen LogP contribution in [0.5, 0.6) is 5.75 Å². The van der Waals surface area contributed by atoms with E-state index < -0.39 is 17.9 Å². The first-order valence-corrected chi connectivity index (χ1v) is 13.3. The number of carboxylic acid groups (broad SMARTS) is 1. The molecule has 6 rings (SSSR count). The molecule has 1 unspecified atom stereocenters. The van der Waals surface area contributed by atoms with Crippen LogP contribution in [0.3, 0.4) is 0 Å². The van der Waals surface area contributed by atoms with Gasteiger partial charge in [-0.25, -0.2) is 19.2 Å². The number of aromatic nitrogens is 4. The summed E-state index contributed by atoms with van der Waals surface area (Å²) in [6.07, 6.45) is 1.12. The first kappa shape index (κ1) is 26.8. The van der Waals surface area contributed by atoms with Gasteiger partial charge in [0, 0.05) is 23.4 Å². The van der Waals surface area contributed by atoms with Crippen molar-refractivity contribution < 1.29 is 28.9 Å². The maximum absolute atomic E-state index is 14.2. The van der Waals surface area contributed by atoms with Crippen molar-refractivity contribution in [3.8, 4) is 16.9 Å². The van der Waals surface area contributed by atoms with Crippen molar-refractivity contribution in [3.05, 3.63) is 107 Å². The molecule has 11 heteroatoms. The van der Waals surface area contributed by atoms with Crippen LogP contribution in [0.4, 0.5) is 4.39 Å². The first-order valence-electron chi connectivity index (χ1n) is 12.9. The Labute approximate surface area is 238 Å². The number of halogens is 2. The van der Waals surface area contributed by atoms with E-state index in [9.17, 15) is 19.4 Å². The highest BCUT2D eigenvalue weighted by molar-refractivity contribution is 6.30. The summed E-state index contributed by atoms with van der Waals surface area (Å²) >= 11 is 5.84. The molecule has 2 aromatic carbocycles. The lowest BCUT2D eigenvalue weighted by Crippen LogP contribution is -2.32. The zero-order chi connectivity index (χ0) is 28.5. The molecule has 3 aromatic heterocycles. The predicted octanol–water partition coefficient (Wildman–Crippen LogP) is 5.43. The van der Waals surface area contributed by atoms with Crippen LogP contribution in [0, 0.1) is 5.82 Å². The summed E-state index contributed by atoms with van der Waals surface area (Å²) in [4.78, 5) is 24.8. The first-order chi connectivity index (χ1) is 19.9. The maximum atomic E-state index is 14.2. The molecule has 0 bridgehead atoms. The second-order valence-corrected chi connectivity index (χ2v) is 10.1. The van der Waals surface area contributed by atoms with Gasteiger partial charge in [0.25, 0.3) is 0 Å². The maximum Gasteiger partial charge on any atom is 0.354 e. The fourth-order valence-electron chi connectivity index (χ4n) is 4.63. The van der Waals surface area contributed by atoms with Crippen molar-refractivity contribution in [2.75, 3.05) is 6.61 Å². The smallest absolute Gasteiger partial charge is 0.354 e. The molecule has 9 nitrogen and oxygen atoms in total. The predicted molar refractivity (Wildman–Crippen MR) is 148 cm³/mol. The van der Waals surface area contributed by atoms with Crippen LogP contribution in [0.1, 0.15) is 40.1 Å². The third kappa shape index (κ3) is 5.62. The fourth-order valence-corrected chi connectivity index (χ4v) is 4.79. The molecule has 2 N–H and O–H groups in total. The van der Waals surface area contributed by atoms with Gasteiger partial charge in [0.15, 0.2) is 17.4 Å². The highest BCUT2D eigenvalue weighted by Gasteiger charge is 2.27. The molecular weight excluding hydrogens is 551 g/mol. The van der Waals surface area contributed by atoms with Gasteiger partial charge in [0.1, 0.15) is 29.5 Å². The van der Waals surface area contributed by atoms with Gasteiger partial charge < -0.3 is 24.3 Å². The summed E-state index contributed by atoms with van der Waals surface area (Å²) in [7, 11) is 0. The Kier molecular flexibility index (Phi) is 7.36. The summed E-state index contributed by atoms with van der Waals surface area (Å²) in [5.41, 5.74) is 3.01. The molecule has 0 saturated carbocycles. The van der Waals surface area contributed by atoms with Gasteiger partial charge in [-0.1, -0.05) is 29.8 Å². The minimum Gasteiger partial charge on any atom is -0.489 e. The lowest BCUT2D eigenvalue weighted by Gasteiger charge is -2.27. The van der Waals surface area contributed by atoms with Crippen LogP contribution < -0.4 is 4.74 Å². The monoisotopic (exact) mass is 574 g/mol. The van der Waals surface area contributed by atoms with Gasteiger partial charge >= 0.3 is 5.97 Å². The minimum absolute atomic E-state index is 0.0331. The Balaban J connectivity index is 1.29. The van der Waals surface area contributed by atoms with E-state index in [1.54, 1.807) is 47.2 Å². The molecule has 0 radical (unpaired) electrons. The number of aliphatic hydroxyl groups is 1. The van der Waals surface area contributed by atoms with E-state index in [0.29, 0.717) is 46.3 Å². The van der Waals surface area contributed by atoms with E-state index in [4.69, 9.17) is 21.1 Å². The quantitative estimate of drug-likeness (QED) is 0.239. The standard InChI is InChI=1S/C30H24ClFN4O5/c31-20-5-4-19(23(32)14-20)16-41-21-3-1-2-17(12-21)18-8-10-33-26(13-18)27(37)29-34-24-6-7-25(30(38)39)35-28(24)36(29)15-22-9-11-40-22/h1-8,10,12-14,22,27,37H,9,11,15-16H2,(H,38,39)/t22-,27?/m0/s1.